The van der Waals surface area contributed by atoms with Gasteiger partial charge in [-0.3, -0.25) is 4.79 Å². The highest BCUT2D eigenvalue weighted by atomic mass is 32.1. The normalized spacial score (nSPS) is 13.2. The van der Waals surface area contributed by atoms with Crippen molar-refractivity contribution in [2.24, 2.45) is 5.73 Å². The summed E-state index contributed by atoms with van der Waals surface area (Å²) in [5.41, 5.74) is 8.32. The van der Waals surface area contributed by atoms with E-state index in [9.17, 15) is 4.79 Å². The van der Waals surface area contributed by atoms with E-state index in [-0.39, 0.29) is 5.91 Å². The Morgan fingerprint density at radius 3 is 2.52 bits per heavy atom. The molecule has 0 bridgehead atoms. The van der Waals surface area contributed by atoms with Crippen LogP contribution in [0.3, 0.4) is 0 Å². The number of aryl methyl sites for hydroxylation is 1. The Hall–Kier alpha value is -2.40. The Bertz CT molecular complexity index is 711. The summed E-state index contributed by atoms with van der Waals surface area (Å²) in [7, 11) is 0. The van der Waals surface area contributed by atoms with E-state index in [0.29, 0.717) is 11.4 Å². The number of nitrogens with one attached hydrogen (secondary N) is 1. The molecule has 2 aromatic carbocycles. The van der Waals surface area contributed by atoms with E-state index >= 15 is 0 Å². The molecule has 0 spiro atoms. The zero-order valence-corrected chi connectivity index (χ0v) is 12.1. The van der Waals surface area contributed by atoms with Gasteiger partial charge in [0.25, 0.3) is 0 Å². The molecule has 0 fully saturated rings. The molecule has 0 atom stereocenters. The van der Waals surface area contributed by atoms with Gasteiger partial charge in [0.1, 0.15) is 16.5 Å². The van der Waals surface area contributed by atoms with Gasteiger partial charge < -0.3 is 15.8 Å². The van der Waals surface area contributed by atoms with Crippen LogP contribution in [0.15, 0.2) is 42.5 Å². The van der Waals surface area contributed by atoms with Gasteiger partial charge in [-0.05, 0) is 54.4 Å². The maximum absolute atomic E-state index is 11.3. The SMILES string of the molecule is NC(=S)c1ccc(Oc2ccc3c(c2)CCC(=O)N3)cc1. The van der Waals surface area contributed by atoms with Crippen molar-refractivity contribution in [3.8, 4) is 11.5 Å². The highest BCUT2D eigenvalue weighted by Crippen LogP contribution is 2.29. The average Bonchev–Trinajstić information content (AvgIpc) is 2.48. The summed E-state index contributed by atoms with van der Waals surface area (Å²) in [6.45, 7) is 0. The van der Waals surface area contributed by atoms with Gasteiger partial charge in [0.15, 0.2) is 0 Å². The zero-order valence-electron chi connectivity index (χ0n) is 11.3. The monoisotopic (exact) mass is 298 g/mol. The molecule has 0 radical (unpaired) electrons. The second kappa shape index (κ2) is 5.54. The third-order valence-corrected chi connectivity index (χ3v) is 3.58. The van der Waals surface area contributed by atoms with Crippen LogP contribution >= 0.6 is 12.2 Å². The van der Waals surface area contributed by atoms with Crippen LogP contribution in [0.4, 0.5) is 5.69 Å². The van der Waals surface area contributed by atoms with Crippen molar-refractivity contribution in [1.29, 1.82) is 0 Å². The Labute approximate surface area is 127 Å². The third kappa shape index (κ3) is 3.03. The van der Waals surface area contributed by atoms with Crippen LogP contribution in [-0.4, -0.2) is 10.9 Å². The molecule has 21 heavy (non-hydrogen) atoms. The number of carbonyl (C=O) groups is 1. The fourth-order valence-corrected chi connectivity index (χ4v) is 2.38. The Morgan fingerprint density at radius 2 is 1.81 bits per heavy atom. The van der Waals surface area contributed by atoms with Crippen LogP contribution in [0.2, 0.25) is 0 Å². The highest BCUT2D eigenvalue weighted by Gasteiger charge is 2.15. The summed E-state index contributed by atoms with van der Waals surface area (Å²) in [6, 6.07) is 13.0. The van der Waals surface area contributed by atoms with Crippen LogP contribution in [0.5, 0.6) is 11.5 Å². The third-order valence-electron chi connectivity index (χ3n) is 3.35. The van der Waals surface area contributed by atoms with Gasteiger partial charge in [-0.25, -0.2) is 0 Å². The largest absolute Gasteiger partial charge is 0.457 e. The van der Waals surface area contributed by atoms with Crippen molar-refractivity contribution in [3.05, 3.63) is 53.6 Å². The number of anilines is 1. The first-order chi connectivity index (χ1) is 10.1. The lowest BCUT2D eigenvalue weighted by molar-refractivity contribution is -0.116. The van der Waals surface area contributed by atoms with Crippen molar-refractivity contribution in [2.75, 3.05) is 5.32 Å². The molecule has 1 aliphatic heterocycles. The summed E-state index contributed by atoms with van der Waals surface area (Å²) in [5.74, 6) is 1.52. The van der Waals surface area contributed by atoms with Crippen LogP contribution in [-0.2, 0) is 11.2 Å². The lowest BCUT2D eigenvalue weighted by Gasteiger charge is -2.17. The van der Waals surface area contributed by atoms with E-state index in [0.717, 1.165) is 34.7 Å². The first kappa shape index (κ1) is 13.6. The second-order valence-corrected chi connectivity index (χ2v) is 5.30. The summed E-state index contributed by atoms with van der Waals surface area (Å²) in [5, 5.41) is 2.85. The van der Waals surface area contributed by atoms with Gasteiger partial charge in [0, 0.05) is 17.7 Å². The Balaban J connectivity index is 1.79. The number of thiocarbonyl (C=S) groups is 1. The minimum Gasteiger partial charge on any atom is -0.457 e. The molecule has 2 aromatic rings. The van der Waals surface area contributed by atoms with E-state index in [1.165, 1.54) is 0 Å². The number of ether oxygens (including phenoxy) is 1. The molecule has 0 aromatic heterocycles. The second-order valence-electron chi connectivity index (χ2n) is 4.86. The first-order valence-electron chi connectivity index (χ1n) is 6.62. The van der Waals surface area contributed by atoms with Crippen LogP contribution < -0.4 is 15.8 Å². The number of rotatable bonds is 3. The van der Waals surface area contributed by atoms with Crippen molar-refractivity contribution >= 4 is 28.8 Å². The molecule has 4 nitrogen and oxygen atoms in total. The van der Waals surface area contributed by atoms with Gasteiger partial charge in [0.05, 0.1) is 0 Å². The van der Waals surface area contributed by atoms with Crippen molar-refractivity contribution < 1.29 is 9.53 Å². The van der Waals surface area contributed by atoms with Gasteiger partial charge in [-0.15, -0.1) is 0 Å². The molecular weight excluding hydrogens is 284 g/mol. The molecule has 0 saturated carbocycles. The molecule has 0 aliphatic carbocycles. The van der Waals surface area contributed by atoms with Gasteiger partial charge in [-0.1, -0.05) is 12.2 Å². The molecule has 1 heterocycles. The number of nitrogens with two attached hydrogens (primary N) is 1. The van der Waals surface area contributed by atoms with Gasteiger partial charge in [-0.2, -0.15) is 0 Å². The number of fused-ring (bicyclic) bond motifs is 1. The minimum absolute atomic E-state index is 0.0597. The molecule has 106 valence electrons. The number of hydrogen-bond donors (Lipinski definition) is 2. The lowest BCUT2D eigenvalue weighted by Crippen LogP contribution is -2.18. The maximum atomic E-state index is 11.3. The standard InChI is InChI=1S/C16H14N2O2S/c17-16(21)10-1-4-12(5-2-10)20-13-6-7-14-11(9-13)3-8-15(19)18-14/h1-2,4-7,9H,3,8H2,(H2,17,21)(H,18,19). The van der Waals surface area contributed by atoms with Crippen molar-refractivity contribution in [1.82, 2.24) is 0 Å². The van der Waals surface area contributed by atoms with Crippen molar-refractivity contribution in [3.63, 3.8) is 0 Å². The van der Waals surface area contributed by atoms with E-state index in [1.54, 1.807) is 0 Å². The smallest absolute Gasteiger partial charge is 0.224 e. The molecule has 3 N–H and O–H groups in total. The maximum Gasteiger partial charge on any atom is 0.224 e. The molecule has 1 amide bonds. The van der Waals surface area contributed by atoms with E-state index in [4.69, 9.17) is 22.7 Å². The summed E-state index contributed by atoms with van der Waals surface area (Å²) in [6.07, 6.45) is 1.25. The minimum atomic E-state index is 0.0597. The molecule has 0 unspecified atom stereocenters. The van der Waals surface area contributed by atoms with E-state index in [1.807, 2.05) is 42.5 Å². The number of hydrogen-bond acceptors (Lipinski definition) is 3. The summed E-state index contributed by atoms with van der Waals surface area (Å²) < 4.78 is 5.81. The lowest BCUT2D eigenvalue weighted by atomic mass is 10.0. The van der Waals surface area contributed by atoms with E-state index in [2.05, 4.69) is 5.32 Å². The van der Waals surface area contributed by atoms with Crippen LogP contribution in [0, 0.1) is 0 Å². The number of amides is 1. The first-order valence-corrected chi connectivity index (χ1v) is 7.03. The molecule has 5 heteroatoms. The predicted octanol–water partition coefficient (Wildman–Crippen LogP) is 3.00. The fourth-order valence-electron chi connectivity index (χ4n) is 2.25. The number of carbonyl (C=O) groups excluding carboxylic acids is 1. The van der Waals surface area contributed by atoms with E-state index < -0.39 is 0 Å². The summed E-state index contributed by atoms with van der Waals surface area (Å²) in [4.78, 5) is 11.7. The Kier molecular flexibility index (Phi) is 3.58. The molecular formula is C16H14N2O2S. The number of benzene rings is 2. The molecule has 3 rings (SSSR count). The molecule has 0 saturated heterocycles. The topological polar surface area (TPSA) is 64.3 Å². The van der Waals surface area contributed by atoms with Gasteiger partial charge in [0.2, 0.25) is 5.91 Å². The highest BCUT2D eigenvalue weighted by molar-refractivity contribution is 7.80. The predicted molar refractivity (Wildman–Crippen MR) is 85.8 cm³/mol. The Morgan fingerprint density at radius 1 is 1.10 bits per heavy atom. The zero-order chi connectivity index (χ0) is 14.8. The van der Waals surface area contributed by atoms with Crippen molar-refractivity contribution in [2.45, 2.75) is 12.8 Å². The molecule has 1 aliphatic rings. The quantitative estimate of drug-likeness (QED) is 0.855. The van der Waals surface area contributed by atoms with Crippen LogP contribution in [0.25, 0.3) is 0 Å². The average molecular weight is 298 g/mol. The van der Waals surface area contributed by atoms with Gasteiger partial charge >= 0.3 is 0 Å². The fraction of sp³-hybridized carbons (Fsp3) is 0.125. The van der Waals surface area contributed by atoms with Crippen LogP contribution in [0.1, 0.15) is 17.5 Å². The summed E-state index contributed by atoms with van der Waals surface area (Å²) >= 11 is 4.91.